The molecule has 0 bridgehead atoms. The molecule has 0 aliphatic carbocycles. The van der Waals surface area contributed by atoms with Gasteiger partial charge in [-0.1, -0.05) is 15.9 Å². The van der Waals surface area contributed by atoms with E-state index in [2.05, 4.69) is 26.1 Å². The van der Waals surface area contributed by atoms with Crippen LogP contribution in [0.25, 0.3) is 5.69 Å². The average Bonchev–Trinajstić information content (AvgIpc) is 2.56. The standard InChI is InChI=1S/C8H4BrClFN3/c9-5-1-2-6(11)7(3-5)14-4-12-13-8(14)10/h1-4H. The minimum atomic E-state index is -0.380. The number of benzene rings is 1. The van der Waals surface area contributed by atoms with E-state index in [9.17, 15) is 4.39 Å². The van der Waals surface area contributed by atoms with E-state index >= 15 is 0 Å². The lowest BCUT2D eigenvalue weighted by molar-refractivity contribution is 0.617. The summed E-state index contributed by atoms with van der Waals surface area (Å²) in [5, 5.41) is 7.25. The molecule has 2 aromatic rings. The van der Waals surface area contributed by atoms with Crippen molar-refractivity contribution in [3.63, 3.8) is 0 Å². The van der Waals surface area contributed by atoms with E-state index in [0.717, 1.165) is 4.47 Å². The van der Waals surface area contributed by atoms with Crippen LogP contribution >= 0.6 is 27.5 Å². The summed E-state index contributed by atoms with van der Waals surface area (Å²) < 4.78 is 15.5. The van der Waals surface area contributed by atoms with Crippen LogP contribution in [0.1, 0.15) is 0 Å². The summed E-state index contributed by atoms with van der Waals surface area (Å²) in [6.45, 7) is 0. The predicted octanol–water partition coefficient (Wildman–Crippen LogP) is 2.82. The Morgan fingerprint density at radius 3 is 2.86 bits per heavy atom. The van der Waals surface area contributed by atoms with E-state index < -0.39 is 0 Å². The van der Waals surface area contributed by atoms with Gasteiger partial charge in [0.05, 0.1) is 5.69 Å². The number of halogens is 3. The van der Waals surface area contributed by atoms with Crippen molar-refractivity contribution in [2.75, 3.05) is 0 Å². The second-order valence-corrected chi connectivity index (χ2v) is 3.82. The first-order valence-corrected chi connectivity index (χ1v) is 4.86. The van der Waals surface area contributed by atoms with Crippen molar-refractivity contribution in [1.29, 1.82) is 0 Å². The summed E-state index contributed by atoms with van der Waals surface area (Å²) >= 11 is 8.95. The largest absolute Gasteiger partial charge is 0.269 e. The van der Waals surface area contributed by atoms with Gasteiger partial charge in [0.15, 0.2) is 0 Å². The first-order chi connectivity index (χ1) is 6.68. The van der Waals surface area contributed by atoms with Gasteiger partial charge < -0.3 is 0 Å². The van der Waals surface area contributed by atoms with E-state index in [-0.39, 0.29) is 11.1 Å². The van der Waals surface area contributed by atoms with Gasteiger partial charge in [0.1, 0.15) is 12.1 Å². The van der Waals surface area contributed by atoms with E-state index in [4.69, 9.17) is 11.6 Å². The molecule has 1 aromatic carbocycles. The fourth-order valence-electron chi connectivity index (χ4n) is 1.05. The molecule has 0 spiro atoms. The van der Waals surface area contributed by atoms with Crippen LogP contribution in [0.3, 0.4) is 0 Å². The zero-order chi connectivity index (χ0) is 10.1. The molecule has 72 valence electrons. The van der Waals surface area contributed by atoms with Crippen LogP contribution in [0.2, 0.25) is 5.28 Å². The molecular weight excluding hydrogens is 272 g/mol. The number of aromatic nitrogens is 3. The zero-order valence-corrected chi connectivity index (χ0v) is 9.13. The molecule has 0 fully saturated rings. The van der Waals surface area contributed by atoms with Crippen LogP contribution in [-0.4, -0.2) is 14.8 Å². The minimum absolute atomic E-state index is 0.127. The number of hydrogen-bond acceptors (Lipinski definition) is 2. The summed E-state index contributed by atoms with van der Waals surface area (Å²) in [7, 11) is 0. The maximum atomic E-state index is 13.4. The summed E-state index contributed by atoms with van der Waals surface area (Å²) in [4.78, 5) is 0. The van der Waals surface area contributed by atoms with Gasteiger partial charge in [-0.3, -0.25) is 4.57 Å². The van der Waals surface area contributed by atoms with Gasteiger partial charge in [0.25, 0.3) is 0 Å². The van der Waals surface area contributed by atoms with Gasteiger partial charge in [-0.05, 0) is 29.8 Å². The molecule has 0 amide bonds. The summed E-state index contributed by atoms with van der Waals surface area (Å²) in [6, 6.07) is 4.55. The molecule has 2 rings (SSSR count). The van der Waals surface area contributed by atoms with Gasteiger partial charge in [-0.25, -0.2) is 4.39 Å². The maximum Gasteiger partial charge on any atom is 0.229 e. The fraction of sp³-hybridized carbons (Fsp3) is 0. The van der Waals surface area contributed by atoms with Crippen LogP contribution in [0.4, 0.5) is 4.39 Å². The first kappa shape index (κ1) is 9.61. The molecule has 0 N–H and O–H groups in total. The molecule has 3 nitrogen and oxygen atoms in total. The van der Waals surface area contributed by atoms with Gasteiger partial charge >= 0.3 is 0 Å². The average molecular weight is 276 g/mol. The summed E-state index contributed by atoms with van der Waals surface area (Å²) in [5.41, 5.74) is 0.314. The van der Waals surface area contributed by atoms with E-state index in [1.54, 1.807) is 12.1 Å². The molecule has 0 aliphatic heterocycles. The van der Waals surface area contributed by atoms with Crippen molar-refractivity contribution in [2.45, 2.75) is 0 Å². The number of rotatable bonds is 1. The lowest BCUT2D eigenvalue weighted by Crippen LogP contribution is -1.96. The second-order valence-electron chi connectivity index (χ2n) is 2.57. The lowest BCUT2D eigenvalue weighted by atomic mass is 10.3. The van der Waals surface area contributed by atoms with E-state index in [1.165, 1.54) is 17.0 Å². The van der Waals surface area contributed by atoms with Crippen LogP contribution in [-0.2, 0) is 0 Å². The Bertz CT molecular complexity index is 471. The molecule has 14 heavy (non-hydrogen) atoms. The van der Waals surface area contributed by atoms with Gasteiger partial charge in [-0.15, -0.1) is 10.2 Å². The van der Waals surface area contributed by atoms with E-state index in [1.807, 2.05) is 0 Å². The molecule has 0 saturated carbocycles. The van der Waals surface area contributed by atoms with Crippen LogP contribution in [0, 0.1) is 5.82 Å². The Morgan fingerprint density at radius 2 is 2.21 bits per heavy atom. The Labute approximate surface area is 92.7 Å². The van der Waals surface area contributed by atoms with Crippen molar-refractivity contribution in [2.24, 2.45) is 0 Å². The highest BCUT2D eigenvalue weighted by Crippen LogP contribution is 2.21. The number of nitrogens with zero attached hydrogens (tertiary/aromatic N) is 3. The van der Waals surface area contributed by atoms with Crippen molar-refractivity contribution in [3.8, 4) is 5.69 Å². The maximum absolute atomic E-state index is 13.4. The molecule has 0 saturated heterocycles. The lowest BCUT2D eigenvalue weighted by Gasteiger charge is -2.04. The summed E-state index contributed by atoms with van der Waals surface area (Å²) in [6.07, 6.45) is 1.35. The van der Waals surface area contributed by atoms with Crippen molar-refractivity contribution in [3.05, 3.63) is 40.1 Å². The third-order valence-electron chi connectivity index (χ3n) is 1.67. The molecule has 0 atom stereocenters. The van der Waals surface area contributed by atoms with Gasteiger partial charge in [0, 0.05) is 4.47 Å². The second kappa shape index (κ2) is 3.67. The molecular formula is C8H4BrClFN3. The Hall–Kier alpha value is -0.940. The van der Waals surface area contributed by atoms with Crippen LogP contribution in [0.15, 0.2) is 29.0 Å². The van der Waals surface area contributed by atoms with E-state index in [0.29, 0.717) is 5.69 Å². The normalized spacial score (nSPS) is 10.5. The molecule has 1 heterocycles. The highest BCUT2D eigenvalue weighted by molar-refractivity contribution is 9.10. The third-order valence-corrected chi connectivity index (χ3v) is 2.42. The molecule has 6 heteroatoms. The fourth-order valence-corrected chi connectivity index (χ4v) is 1.58. The van der Waals surface area contributed by atoms with Crippen LogP contribution < -0.4 is 0 Å². The quantitative estimate of drug-likeness (QED) is 0.802. The zero-order valence-electron chi connectivity index (χ0n) is 6.78. The van der Waals surface area contributed by atoms with Gasteiger partial charge in [-0.2, -0.15) is 0 Å². The number of hydrogen-bond donors (Lipinski definition) is 0. The molecule has 0 radical (unpaired) electrons. The summed E-state index contributed by atoms with van der Waals surface area (Å²) in [5.74, 6) is -0.380. The van der Waals surface area contributed by atoms with Crippen molar-refractivity contribution in [1.82, 2.24) is 14.8 Å². The predicted molar refractivity (Wildman–Crippen MR) is 54.0 cm³/mol. The Balaban J connectivity index is 2.62. The molecule has 0 unspecified atom stereocenters. The third kappa shape index (κ3) is 1.65. The van der Waals surface area contributed by atoms with Crippen molar-refractivity contribution >= 4 is 27.5 Å². The SMILES string of the molecule is Fc1ccc(Br)cc1-n1cnnc1Cl. The Kier molecular flexibility index (Phi) is 2.52. The topological polar surface area (TPSA) is 30.7 Å². The molecule has 1 aromatic heterocycles. The molecule has 0 aliphatic rings. The highest BCUT2D eigenvalue weighted by Gasteiger charge is 2.08. The van der Waals surface area contributed by atoms with Crippen LogP contribution in [0.5, 0.6) is 0 Å². The van der Waals surface area contributed by atoms with Gasteiger partial charge in [0.2, 0.25) is 5.28 Å². The minimum Gasteiger partial charge on any atom is -0.269 e. The first-order valence-electron chi connectivity index (χ1n) is 3.69. The smallest absolute Gasteiger partial charge is 0.229 e. The highest BCUT2D eigenvalue weighted by atomic mass is 79.9. The Morgan fingerprint density at radius 1 is 1.43 bits per heavy atom. The monoisotopic (exact) mass is 275 g/mol. The van der Waals surface area contributed by atoms with Crippen molar-refractivity contribution < 1.29 is 4.39 Å².